The third-order valence-corrected chi connectivity index (χ3v) is 3.05. The van der Waals surface area contributed by atoms with E-state index in [0.29, 0.717) is 0 Å². The number of amides is 3. The van der Waals surface area contributed by atoms with Crippen LogP contribution < -0.4 is 5.32 Å². The molecule has 0 fully saturated rings. The molecule has 2 unspecified atom stereocenters. The number of carbonyl (C=O) groups excluding carboxylic acids is 4. The molecule has 0 saturated heterocycles. The molecule has 0 heterocycles. The molecule has 25 heavy (non-hydrogen) atoms. The average Bonchev–Trinajstić information content (AvgIpc) is 2.40. The quantitative estimate of drug-likeness (QED) is 0.648. The van der Waals surface area contributed by atoms with Crippen molar-refractivity contribution in [2.24, 2.45) is 0 Å². The Morgan fingerprint density at radius 3 is 2.00 bits per heavy atom. The number of aliphatic hydroxyl groups excluding tert-OH is 1. The van der Waals surface area contributed by atoms with Gasteiger partial charge < -0.3 is 25.0 Å². The second kappa shape index (κ2) is 9.36. The van der Waals surface area contributed by atoms with E-state index >= 15 is 0 Å². The summed E-state index contributed by atoms with van der Waals surface area (Å²) in [4.78, 5) is 49.6. The zero-order valence-corrected chi connectivity index (χ0v) is 16.0. The summed E-state index contributed by atoms with van der Waals surface area (Å²) >= 11 is 0. The number of ketones is 1. The van der Waals surface area contributed by atoms with E-state index in [9.17, 15) is 24.3 Å². The molecule has 9 heteroatoms. The number of Topliss-reactive ketones (excluding diaryl/α,β-unsaturated/α-hetero) is 1. The normalized spacial score (nSPS) is 13.4. The first-order valence-corrected chi connectivity index (χ1v) is 7.90. The monoisotopic (exact) mass is 359 g/mol. The minimum absolute atomic E-state index is 0.0587. The second-order valence-electron chi connectivity index (χ2n) is 7.01. The first-order chi connectivity index (χ1) is 11.2. The number of alkyl carbamates (subject to hydrolysis) is 1. The zero-order valence-electron chi connectivity index (χ0n) is 16.0. The predicted molar refractivity (Wildman–Crippen MR) is 90.8 cm³/mol. The van der Waals surface area contributed by atoms with Crippen molar-refractivity contribution in [3.05, 3.63) is 0 Å². The number of hydrogen-bond acceptors (Lipinski definition) is 6. The molecule has 0 spiro atoms. The molecule has 0 saturated carbocycles. The summed E-state index contributed by atoms with van der Waals surface area (Å²) in [5, 5.41) is 12.1. The van der Waals surface area contributed by atoms with Crippen molar-refractivity contribution in [3.63, 3.8) is 0 Å². The molecule has 0 aliphatic rings. The van der Waals surface area contributed by atoms with E-state index in [1.165, 1.54) is 32.8 Å². The third kappa shape index (κ3) is 9.04. The van der Waals surface area contributed by atoms with Gasteiger partial charge in [0.2, 0.25) is 11.8 Å². The summed E-state index contributed by atoms with van der Waals surface area (Å²) in [6, 6.07) is -1.26. The van der Waals surface area contributed by atoms with Crippen LogP contribution in [0.25, 0.3) is 0 Å². The molecule has 0 radical (unpaired) electrons. The Hall–Kier alpha value is -2.16. The molecule has 0 aliphatic heterocycles. The van der Waals surface area contributed by atoms with E-state index in [4.69, 9.17) is 4.74 Å². The Kier molecular flexibility index (Phi) is 8.55. The van der Waals surface area contributed by atoms with Crippen LogP contribution in [-0.4, -0.2) is 83.5 Å². The van der Waals surface area contributed by atoms with Crippen LogP contribution in [0.5, 0.6) is 0 Å². The van der Waals surface area contributed by atoms with Gasteiger partial charge in [-0.15, -0.1) is 0 Å². The van der Waals surface area contributed by atoms with Gasteiger partial charge in [-0.25, -0.2) is 4.79 Å². The summed E-state index contributed by atoms with van der Waals surface area (Å²) in [6.45, 7) is 7.35. The van der Waals surface area contributed by atoms with Gasteiger partial charge in [0.05, 0.1) is 19.2 Å². The molecule has 0 aromatic rings. The van der Waals surface area contributed by atoms with E-state index in [1.54, 1.807) is 20.8 Å². The number of rotatable bonds is 7. The van der Waals surface area contributed by atoms with Crippen LogP contribution in [0, 0.1) is 0 Å². The van der Waals surface area contributed by atoms with Crippen LogP contribution in [0.2, 0.25) is 0 Å². The van der Waals surface area contributed by atoms with Crippen molar-refractivity contribution in [2.75, 3.05) is 27.2 Å². The highest BCUT2D eigenvalue weighted by atomic mass is 16.6. The van der Waals surface area contributed by atoms with Gasteiger partial charge in [0.15, 0.2) is 0 Å². The van der Waals surface area contributed by atoms with E-state index in [-0.39, 0.29) is 18.9 Å². The van der Waals surface area contributed by atoms with Crippen LogP contribution in [0.4, 0.5) is 4.79 Å². The Balaban J connectivity index is 4.89. The Morgan fingerprint density at radius 1 is 1.08 bits per heavy atom. The number of aliphatic hydroxyl groups is 1. The second-order valence-corrected chi connectivity index (χ2v) is 7.01. The van der Waals surface area contributed by atoms with Gasteiger partial charge in [-0.2, -0.15) is 0 Å². The van der Waals surface area contributed by atoms with E-state index < -0.39 is 35.7 Å². The number of ether oxygens (including phenoxy) is 1. The molecule has 0 aromatic heterocycles. The molecule has 0 aliphatic carbocycles. The first kappa shape index (κ1) is 22.8. The molecule has 0 rings (SSSR count). The fourth-order valence-electron chi connectivity index (χ4n) is 1.88. The lowest BCUT2D eigenvalue weighted by atomic mass is 10.1. The van der Waals surface area contributed by atoms with Gasteiger partial charge >= 0.3 is 6.09 Å². The SMILES string of the molecule is CC(=O)CN(C)C(=O)CN(C)C(=O)C(NC(=O)OC(C)(C)C)C(C)O. The molecule has 0 aromatic carbocycles. The van der Waals surface area contributed by atoms with Gasteiger partial charge in [0, 0.05) is 14.1 Å². The lowest BCUT2D eigenvalue weighted by Gasteiger charge is -2.28. The van der Waals surface area contributed by atoms with E-state index in [1.807, 2.05) is 0 Å². The Bertz CT molecular complexity index is 512. The third-order valence-electron chi connectivity index (χ3n) is 3.05. The van der Waals surface area contributed by atoms with Crippen LogP contribution in [0.15, 0.2) is 0 Å². The fourth-order valence-corrected chi connectivity index (χ4v) is 1.88. The maximum absolute atomic E-state index is 12.4. The topological polar surface area (TPSA) is 116 Å². The molecule has 144 valence electrons. The van der Waals surface area contributed by atoms with E-state index in [2.05, 4.69) is 5.32 Å². The van der Waals surface area contributed by atoms with Gasteiger partial charge in [0.1, 0.15) is 17.4 Å². The van der Waals surface area contributed by atoms with Crippen molar-refractivity contribution < 1.29 is 29.0 Å². The van der Waals surface area contributed by atoms with Crippen molar-refractivity contribution in [3.8, 4) is 0 Å². The van der Waals surface area contributed by atoms with Crippen LogP contribution in [0.1, 0.15) is 34.6 Å². The predicted octanol–water partition coefficient (Wildman–Crippen LogP) is -0.234. The molecule has 3 amide bonds. The van der Waals surface area contributed by atoms with Gasteiger partial charge in [-0.1, -0.05) is 0 Å². The van der Waals surface area contributed by atoms with Crippen LogP contribution in [0.3, 0.4) is 0 Å². The highest BCUT2D eigenvalue weighted by molar-refractivity contribution is 5.91. The lowest BCUT2D eigenvalue weighted by molar-refractivity contribution is -0.142. The minimum Gasteiger partial charge on any atom is -0.444 e. The number of carbonyl (C=O) groups is 4. The van der Waals surface area contributed by atoms with Crippen LogP contribution in [-0.2, 0) is 19.1 Å². The average molecular weight is 359 g/mol. The summed E-state index contributed by atoms with van der Waals surface area (Å²) in [6.07, 6.45) is -2.03. The van der Waals surface area contributed by atoms with Crippen molar-refractivity contribution in [2.45, 2.75) is 52.4 Å². The molecular weight excluding hydrogens is 330 g/mol. The largest absolute Gasteiger partial charge is 0.444 e. The molecular formula is C16H29N3O6. The summed E-state index contributed by atoms with van der Waals surface area (Å²) in [5.74, 6) is -1.27. The lowest BCUT2D eigenvalue weighted by Crippen LogP contribution is -2.55. The number of nitrogens with one attached hydrogen (secondary N) is 1. The van der Waals surface area contributed by atoms with Crippen molar-refractivity contribution in [1.29, 1.82) is 0 Å². The van der Waals surface area contributed by atoms with Crippen LogP contribution >= 0.6 is 0 Å². The minimum atomic E-state index is -1.26. The number of nitrogens with zero attached hydrogens (tertiary/aromatic N) is 2. The maximum atomic E-state index is 12.4. The summed E-state index contributed by atoms with van der Waals surface area (Å²) < 4.78 is 5.07. The molecule has 0 bridgehead atoms. The fraction of sp³-hybridized carbons (Fsp3) is 0.750. The Morgan fingerprint density at radius 2 is 1.60 bits per heavy atom. The Labute approximate surface area is 148 Å². The first-order valence-electron chi connectivity index (χ1n) is 7.90. The van der Waals surface area contributed by atoms with Gasteiger partial charge in [-0.05, 0) is 34.6 Å². The van der Waals surface area contributed by atoms with Crippen molar-refractivity contribution in [1.82, 2.24) is 15.1 Å². The van der Waals surface area contributed by atoms with E-state index in [0.717, 1.165) is 4.90 Å². The van der Waals surface area contributed by atoms with Crippen molar-refractivity contribution >= 4 is 23.7 Å². The molecule has 2 N–H and O–H groups in total. The molecule has 2 atom stereocenters. The smallest absolute Gasteiger partial charge is 0.408 e. The summed E-state index contributed by atoms with van der Waals surface area (Å²) in [5.41, 5.74) is -0.756. The molecule has 9 nitrogen and oxygen atoms in total. The highest BCUT2D eigenvalue weighted by Crippen LogP contribution is 2.08. The highest BCUT2D eigenvalue weighted by Gasteiger charge is 2.31. The zero-order chi connectivity index (χ0) is 19.9. The maximum Gasteiger partial charge on any atom is 0.408 e. The van der Waals surface area contributed by atoms with Gasteiger partial charge in [0.25, 0.3) is 0 Å². The number of likely N-dealkylation sites (N-methyl/N-ethyl adjacent to an activating group) is 2. The standard InChI is InChI=1S/C16H29N3O6/c1-10(20)8-18(6)12(22)9-19(7)14(23)13(11(2)21)17-15(24)25-16(3,4)5/h11,13,21H,8-9H2,1-7H3,(H,17,24). The summed E-state index contributed by atoms with van der Waals surface area (Å²) in [7, 11) is 2.82. The number of hydrogen-bond donors (Lipinski definition) is 2. The van der Waals surface area contributed by atoms with Gasteiger partial charge in [-0.3, -0.25) is 14.4 Å².